The molecule has 0 aliphatic carbocycles. The first-order valence-electron chi connectivity index (χ1n) is 7.46. The number of nitrogens with two attached hydrogens (primary N) is 1. The molecule has 2 rings (SSSR count). The summed E-state index contributed by atoms with van der Waals surface area (Å²) in [5.41, 5.74) is 6.94. The Kier molecular flexibility index (Phi) is 5.99. The molecular formula is C16H20N4O3. The SMILES string of the molecule is COC(=O)[C@H](CCCCN)NC(=O)c1cnc2ccccc2n1. The van der Waals surface area contributed by atoms with Gasteiger partial charge in [-0.1, -0.05) is 12.1 Å². The zero-order chi connectivity index (χ0) is 16.7. The number of nitrogens with zero attached hydrogens (tertiary/aromatic N) is 2. The fraction of sp³-hybridized carbons (Fsp3) is 0.375. The summed E-state index contributed by atoms with van der Waals surface area (Å²) in [4.78, 5) is 32.5. The van der Waals surface area contributed by atoms with Gasteiger partial charge in [0.1, 0.15) is 11.7 Å². The monoisotopic (exact) mass is 316 g/mol. The summed E-state index contributed by atoms with van der Waals surface area (Å²) in [5, 5.41) is 2.65. The van der Waals surface area contributed by atoms with Crippen LogP contribution in [0.25, 0.3) is 11.0 Å². The molecule has 0 unspecified atom stereocenters. The van der Waals surface area contributed by atoms with Gasteiger partial charge in [-0.25, -0.2) is 9.78 Å². The second-order valence-corrected chi connectivity index (χ2v) is 5.08. The molecule has 3 N–H and O–H groups in total. The van der Waals surface area contributed by atoms with Gasteiger partial charge in [-0.3, -0.25) is 9.78 Å². The van der Waals surface area contributed by atoms with Crippen molar-refractivity contribution in [3.05, 3.63) is 36.2 Å². The van der Waals surface area contributed by atoms with Gasteiger partial charge in [-0.05, 0) is 37.9 Å². The molecule has 122 valence electrons. The molecule has 0 bridgehead atoms. The second-order valence-electron chi connectivity index (χ2n) is 5.08. The zero-order valence-corrected chi connectivity index (χ0v) is 13.0. The number of esters is 1. The van der Waals surface area contributed by atoms with E-state index in [9.17, 15) is 9.59 Å². The smallest absolute Gasteiger partial charge is 0.328 e. The maximum atomic E-state index is 12.3. The average molecular weight is 316 g/mol. The fourth-order valence-electron chi connectivity index (χ4n) is 2.18. The number of nitrogens with one attached hydrogen (secondary N) is 1. The number of para-hydroxylation sites is 2. The van der Waals surface area contributed by atoms with Crippen molar-refractivity contribution in [2.24, 2.45) is 5.73 Å². The molecule has 0 saturated carbocycles. The molecule has 1 amide bonds. The number of benzene rings is 1. The van der Waals surface area contributed by atoms with Crippen LogP contribution in [-0.2, 0) is 9.53 Å². The van der Waals surface area contributed by atoms with Gasteiger partial charge in [0, 0.05) is 0 Å². The van der Waals surface area contributed by atoms with Crippen molar-refractivity contribution in [3.63, 3.8) is 0 Å². The summed E-state index contributed by atoms with van der Waals surface area (Å²) in [6.45, 7) is 0.540. The van der Waals surface area contributed by atoms with E-state index in [0.29, 0.717) is 24.0 Å². The lowest BCUT2D eigenvalue weighted by Crippen LogP contribution is -2.41. The van der Waals surface area contributed by atoms with E-state index in [-0.39, 0.29) is 5.69 Å². The maximum Gasteiger partial charge on any atom is 0.328 e. The topological polar surface area (TPSA) is 107 Å². The second kappa shape index (κ2) is 8.19. The molecule has 1 aromatic heterocycles. The number of hydrogen-bond donors (Lipinski definition) is 2. The predicted molar refractivity (Wildman–Crippen MR) is 85.7 cm³/mol. The highest BCUT2D eigenvalue weighted by molar-refractivity contribution is 5.96. The maximum absolute atomic E-state index is 12.3. The Labute approximate surface area is 134 Å². The average Bonchev–Trinajstić information content (AvgIpc) is 2.59. The van der Waals surface area contributed by atoms with Crippen LogP contribution in [0.4, 0.5) is 0 Å². The van der Waals surface area contributed by atoms with Crippen molar-refractivity contribution in [1.82, 2.24) is 15.3 Å². The van der Waals surface area contributed by atoms with Gasteiger partial charge < -0.3 is 15.8 Å². The van der Waals surface area contributed by atoms with Crippen LogP contribution < -0.4 is 11.1 Å². The largest absolute Gasteiger partial charge is 0.467 e. The van der Waals surface area contributed by atoms with Crippen LogP contribution in [0.2, 0.25) is 0 Å². The quantitative estimate of drug-likeness (QED) is 0.583. The number of methoxy groups -OCH3 is 1. The molecule has 7 heteroatoms. The molecule has 1 aromatic carbocycles. The summed E-state index contributed by atoms with van der Waals surface area (Å²) < 4.78 is 4.73. The van der Waals surface area contributed by atoms with Gasteiger partial charge in [-0.15, -0.1) is 0 Å². The van der Waals surface area contributed by atoms with Crippen LogP contribution in [-0.4, -0.2) is 41.5 Å². The molecule has 1 heterocycles. The van der Waals surface area contributed by atoms with Crippen LogP contribution in [0.3, 0.4) is 0 Å². The van der Waals surface area contributed by atoms with Gasteiger partial charge in [0.2, 0.25) is 0 Å². The van der Waals surface area contributed by atoms with E-state index >= 15 is 0 Å². The Balaban J connectivity index is 2.10. The highest BCUT2D eigenvalue weighted by Gasteiger charge is 2.22. The van der Waals surface area contributed by atoms with Crippen molar-refractivity contribution in [3.8, 4) is 0 Å². The number of carbonyl (C=O) groups is 2. The lowest BCUT2D eigenvalue weighted by atomic mass is 10.1. The molecule has 23 heavy (non-hydrogen) atoms. The van der Waals surface area contributed by atoms with Gasteiger partial charge in [0.05, 0.1) is 24.3 Å². The number of aromatic nitrogens is 2. The van der Waals surface area contributed by atoms with E-state index in [1.54, 1.807) is 6.07 Å². The number of carbonyl (C=O) groups excluding carboxylic acids is 2. The molecule has 0 spiro atoms. The van der Waals surface area contributed by atoms with Crippen LogP contribution >= 0.6 is 0 Å². The first kappa shape index (κ1) is 16.8. The third-order valence-electron chi connectivity index (χ3n) is 3.42. The minimum Gasteiger partial charge on any atom is -0.467 e. The Morgan fingerprint density at radius 3 is 2.70 bits per heavy atom. The predicted octanol–water partition coefficient (Wildman–Crippen LogP) is 1.03. The Morgan fingerprint density at radius 1 is 1.26 bits per heavy atom. The van der Waals surface area contributed by atoms with E-state index < -0.39 is 17.9 Å². The van der Waals surface area contributed by atoms with Crippen molar-refractivity contribution in [1.29, 1.82) is 0 Å². The van der Waals surface area contributed by atoms with Crippen molar-refractivity contribution < 1.29 is 14.3 Å². The third-order valence-corrected chi connectivity index (χ3v) is 3.42. The Morgan fingerprint density at radius 2 is 2.00 bits per heavy atom. The molecule has 0 fully saturated rings. The van der Waals surface area contributed by atoms with Crippen molar-refractivity contribution in [2.45, 2.75) is 25.3 Å². The molecular weight excluding hydrogens is 296 g/mol. The molecule has 0 aliphatic rings. The summed E-state index contributed by atoms with van der Waals surface area (Å²) in [6.07, 6.45) is 3.36. The molecule has 0 aliphatic heterocycles. The number of fused-ring (bicyclic) bond motifs is 1. The van der Waals surface area contributed by atoms with Crippen LogP contribution in [0.15, 0.2) is 30.5 Å². The zero-order valence-electron chi connectivity index (χ0n) is 13.0. The van der Waals surface area contributed by atoms with E-state index in [2.05, 4.69) is 15.3 Å². The number of unbranched alkanes of at least 4 members (excludes halogenated alkanes) is 1. The first-order valence-corrected chi connectivity index (χ1v) is 7.46. The normalized spacial score (nSPS) is 11.9. The lowest BCUT2D eigenvalue weighted by Gasteiger charge is -2.16. The number of ether oxygens (including phenoxy) is 1. The molecule has 2 aromatic rings. The van der Waals surface area contributed by atoms with Gasteiger partial charge in [0.15, 0.2) is 0 Å². The summed E-state index contributed by atoms with van der Waals surface area (Å²) in [6, 6.07) is 6.54. The first-order chi connectivity index (χ1) is 11.2. The summed E-state index contributed by atoms with van der Waals surface area (Å²) in [5.74, 6) is -0.935. The standard InChI is InChI=1S/C16H20N4O3/c1-23-16(22)13(8-4-5-9-17)20-15(21)14-10-18-11-6-2-3-7-12(11)19-14/h2-3,6-7,10,13H,4-5,8-9,17H2,1H3,(H,20,21)/t13-/m0/s1. The van der Waals surface area contributed by atoms with Gasteiger partial charge >= 0.3 is 5.97 Å². The van der Waals surface area contributed by atoms with E-state index in [0.717, 1.165) is 12.8 Å². The van der Waals surface area contributed by atoms with Crippen LogP contribution in [0.1, 0.15) is 29.8 Å². The minimum absolute atomic E-state index is 0.163. The number of amides is 1. The van der Waals surface area contributed by atoms with E-state index in [4.69, 9.17) is 10.5 Å². The van der Waals surface area contributed by atoms with E-state index in [1.165, 1.54) is 13.3 Å². The fourth-order valence-corrected chi connectivity index (χ4v) is 2.18. The molecule has 0 radical (unpaired) electrons. The number of rotatable bonds is 7. The van der Waals surface area contributed by atoms with E-state index in [1.807, 2.05) is 18.2 Å². The van der Waals surface area contributed by atoms with Crippen molar-refractivity contribution in [2.75, 3.05) is 13.7 Å². The minimum atomic E-state index is -0.715. The number of hydrogen-bond acceptors (Lipinski definition) is 6. The lowest BCUT2D eigenvalue weighted by molar-refractivity contribution is -0.143. The highest BCUT2D eigenvalue weighted by atomic mass is 16.5. The van der Waals surface area contributed by atoms with Gasteiger partial charge in [0.25, 0.3) is 5.91 Å². The third kappa shape index (κ3) is 4.46. The Bertz CT molecular complexity index is 690. The Hall–Kier alpha value is -2.54. The summed E-state index contributed by atoms with van der Waals surface area (Å²) in [7, 11) is 1.29. The molecule has 1 atom stereocenters. The van der Waals surface area contributed by atoms with Crippen LogP contribution in [0.5, 0.6) is 0 Å². The molecule has 0 saturated heterocycles. The van der Waals surface area contributed by atoms with Crippen molar-refractivity contribution >= 4 is 22.9 Å². The molecule has 7 nitrogen and oxygen atoms in total. The highest BCUT2D eigenvalue weighted by Crippen LogP contribution is 2.09. The van der Waals surface area contributed by atoms with Gasteiger partial charge in [-0.2, -0.15) is 0 Å². The van der Waals surface area contributed by atoms with Crippen LogP contribution in [0, 0.1) is 0 Å². The summed E-state index contributed by atoms with van der Waals surface area (Å²) >= 11 is 0.